The molecule has 0 bridgehead atoms. The van der Waals surface area contributed by atoms with E-state index in [-0.39, 0.29) is 0 Å². The van der Waals surface area contributed by atoms with E-state index >= 15 is 0 Å². The van der Waals surface area contributed by atoms with Crippen LogP contribution >= 0.6 is 0 Å². The quantitative estimate of drug-likeness (QED) is 0.775. The second-order valence-corrected chi connectivity index (χ2v) is 2.90. The Balaban J connectivity index is 2.46. The smallest absolute Gasteiger partial charge is 0.0893 e. The summed E-state index contributed by atoms with van der Waals surface area (Å²) in [6.07, 6.45) is 5.55. The lowest BCUT2D eigenvalue weighted by Gasteiger charge is -1.97. The molecule has 14 heavy (non-hydrogen) atoms. The second kappa shape index (κ2) is 3.87. The third-order valence-corrected chi connectivity index (χ3v) is 1.90. The van der Waals surface area contributed by atoms with E-state index in [0.29, 0.717) is 0 Å². The highest BCUT2D eigenvalue weighted by atomic mass is 14.8. The van der Waals surface area contributed by atoms with Gasteiger partial charge in [0, 0.05) is 13.2 Å². The average Bonchev–Trinajstić information content (AvgIpc) is 2.26. The van der Waals surface area contributed by atoms with Gasteiger partial charge in [0.2, 0.25) is 0 Å². The van der Waals surface area contributed by atoms with Gasteiger partial charge in [0.05, 0.1) is 16.7 Å². The number of hydrogen-bond acceptors (Lipinski definition) is 3. The molecule has 2 rings (SSSR count). The van der Waals surface area contributed by atoms with Crippen molar-refractivity contribution in [2.45, 2.75) is 0 Å². The number of fused-ring (bicyclic) bond motifs is 1. The number of pyridine rings is 2. The fourth-order valence-corrected chi connectivity index (χ4v) is 1.23. The summed E-state index contributed by atoms with van der Waals surface area (Å²) in [4.78, 5) is 8.62. The number of rotatable bonds is 2. The SMILES string of the molecule is CNC=Cc1ccc2ncccc2n1. The Morgan fingerprint density at radius 3 is 3.00 bits per heavy atom. The summed E-state index contributed by atoms with van der Waals surface area (Å²) < 4.78 is 0. The van der Waals surface area contributed by atoms with Crippen LogP contribution in [-0.2, 0) is 0 Å². The van der Waals surface area contributed by atoms with Crippen molar-refractivity contribution in [2.24, 2.45) is 0 Å². The van der Waals surface area contributed by atoms with Gasteiger partial charge in [0.15, 0.2) is 0 Å². The molecule has 0 saturated carbocycles. The first kappa shape index (κ1) is 8.69. The summed E-state index contributed by atoms with van der Waals surface area (Å²) in [7, 11) is 1.86. The molecule has 0 saturated heterocycles. The molecule has 0 aliphatic rings. The molecule has 0 radical (unpaired) electrons. The molecular weight excluding hydrogens is 174 g/mol. The van der Waals surface area contributed by atoms with Gasteiger partial charge in [0.25, 0.3) is 0 Å². The van der Waals surface area contributed by atoms with Crippen molar-refractivity contribution in [3.05, 3.63) is 42.4 Å². The molecule has 0 aromatic carbocycles. The van der Waals surface area contributed by atoms with Gasteiger partial charge in [-0.05, 0) is 36.5 Å². The van der Waals surface area contributed by atoms with Gasteiger partial charge in [-0.25, -0.2) is 4.98 Å². The van der Waals surface area contributed by atoms with Crippen molar-refractivity contribution >= 4 is 17.1 Å². The Kier molecular flexibility index (Phi) is 2.40. The minimum absolute atomic E-state index is 0.922. The molecule has 0 fully saturated rings. The van der Waals surface area contributed by atoms with Crippen molar-refractivity contribution in [3.63, 3.8) is 0 Å². The van der Waals surface area contributed by atoms with Crippen LogP contribution in [0.3, 0.4) is 0 Å². The van der Waals surface area contributed by atoms with E-state index in [2.05, 4.69) is 15.3 Å². The number of hydrogen-bond donors (Lipinski definition) is 1. The Bertz CT molecular complexity index is 463. The van der Waals surface area contributed by atoms with Crippen LogP contribution in [0.1, 0.15) is 5.69 Å². The largest absolute Gasteiger partial charge is 0.394 e. The van der Waals surface area contributed by atoms with Crippen LogP contribution in [0, 0.1) is 0 Å². The van der Waals surface area contributed by atoms with Crippen molar-refractivity contribution in [1.82, 2.24) is 15.3 Å². The fraction of sp³-hybridized carbons (Fsp3) is 0.0909. The Labute approximate surface area is 82.5 Å². The standard InChI is InChI=1S/C11H11N3/c1-12-8-6-9-4-5-10-11(14-9)3-2-7-13-10/h2-8,12H,1H3. The van der Waals surface area contributed by atoms with Gasteiger partial charge in [0.1, 0.15) is 0 Å². The molecule has 3 nitrogen and oxygen atoms in total. The Morgan fingerprint density at radius 2 is 2.14 bits per heavy atom. The predicted molar refractivity (Wildman–Crippen MR) is 57.6 cm³/mol. The molecule has 70 valence electrons. The molecule has 0 amide bonds. The van der Waals surface area contributed by atoms with E-state index in [1.807, 2.05) is 43.6 Å². The molecule has 0 aliphatic heterocycles. The summed E-state index contributed by atoms with van der Waals surface area (Å²) in [5.74, 6) is 0. The molecule has 2 heterocycles. The van der Waals surface area contributed by atoms with Gasteiger partial charge in [-0.1, -0.05) is 0 Å². The van der Waals surface area contributed by atoms with E-state index in [4.69, 9.17) is 0 Å². The minimum atomic E-state index is 0.922. The summed E-state index contributed by atoms with van der Waals surface area (Å²) >= 11 is 0. The van der Waals surface area contributed by atoms with Gasteiger partial charge in [-0.2, -0.15) is 0 Å². The highest BCUT2D eigenvalue weighted by Gasteiger charge is 1.94. The molecule has 0 unspecified atom stereocenters. The maximum atomic E-state index is 4.42. The van der Waals surface area contributed by atoms with Gasteiger partial charge >= 0.3 is 0 Å². The molecule has 1 N–H and O–H groups in total. The topological polar surface area (TPSA) is 37.8 Å². The minimum Gasteiger partial charge on any atom is -0.394 e. The normalized spacial score (nSPS) is 10.9. The van der Waals surface area contributed by atoms with Crippen molar-refractivity contribution in [1.29, 1.82) is 0 Å². The lowest BCUT2D eigenvalue weighted by Crippen LogP contribution is -1.92. The molecule has 2 aromatic rings. The monoisotopic (exact) mass is 185 g/mol. The van der Waals surface area contributed by atoms with Crippen molar-refractivity contribution in [3.8, 4) is 0 Å². The molecule has 3 heteroatoms. The zero-order valence-corrected chi connectivity index (χ0v) is 7.94. The van der Waals surface area contributed by atoms with E-state index in [1.54, 1.807) is 6.20 Å². The van der Waals surface area contributed by atoms with Crippen LogP contribution in [0.2, 0.25) is 0 Å². The lowest BCUT2D eigenvalue weighted by molar-refractivity contribution is 1.11. The van der Waals surface area contributed by atoms with Crippen LogP contribution in [-0.4, -0.2) is 17.0 Å². The summed E-state index contributed by atoms with van der Waals surface area (Å²) in [6.45, 7) is 0. The first-order valence-corrected chi connectivity index (χ1v) is 4.46. The van der Waals surface area contributed by atoms with Gasteiger partial charge < -0.3 is 5.32 Å². The first-order chi connectivity index (χ1) is 6.90. The zero-order chi connectivity index (χ0) is 9.80. The van der Waals surface area contributed by atoms with E-state index in [1.165, 1.54) is 0 Å². The summed E-state index contributed by atoms with van der Waals surface area (Å²) in [5.41, 5.74) is 2.78. The van der Waals surface area contributed by atoms with Crippen molar-refractivity contribution in [2.75, 3.05) is 7.05 Å². The number of nitrogens with zero attached hydrogens (tertiary/aromatic N) is 2. The molecule has 0 aliphatic carbocycles. The highest BCUT2D eigenvalue weighted by Crippen LogP contribution is 2.09. The summed E-state index contributed by atoms with van der Waals surface area (Å²) in [5, 5.41) is 2.93. The zero-order valence-electron chi connectivity index (χ0n) is 7.94. The fourth-order valence-electron chi connectivity index (χ4n) is 1.23. The van der Waals surface area contributed by atoms with Crippen LogP contribution in [0.5, 0.6) is 0 Å². The molecule has 2 aromatic heterocycles. The lowest BCUT2D eigenvalue weighted by atomic mass is 10.3. The third kappa shape index (κ3) is 1.71. The van der Waals surface area contributed by atoms with E-state index < -0.39 is 0 Å². The number of aromatic nitrogens is 2. The van der Waals surface area contributed by atoms with E-state index in [9.17, 15) is 0 Å². The molecule has 0 spiro atoms. The predicted octanol–water partition coefficient (Wildman–Crippen LogP) is 1.82. The summed E-state index contributed by atoms with van der Waals surface area (Å²) in [6, 6.07) is 7.76. The average molecular weight is 185 g/mol. The van der Waals surface area contributed by atoms with Crippen LogP contribution in [0.25, 0.3) is 17.1 Å². The van der Waals surface area contributed by atoms with Crippen molar-refractivity contribution < 1.29 is 0 Å². The van der Waals surface area contributed by atoms with E-state index in [0.717, 1.165) is 16.7 Å². The first-order valence-electron chi connectivity index (χ1n) is 4.46. The second-order valence-electron chi connectivity index (χ2n) is 2.90. The van der Waals surface area contributed by atoms with Crippen LogP contribution in [0.15, 0.2) is 36.7 Å². The maximum Gasteiger partial charge on any atom is 0.0893 e. The van der Waals surface area contributed by atoms with Gasteiger partial charge in [-0.3, -0.25) is 4.98 Å². The molecular formula is C11H11N3. The highest BCUT2D eigenvalue weighted by molar-refractivity contribution is 5.75. The number of nitrogens with one attached hydrogen (secondary N) is 1. The van der Waals surface area contributed by atoms with Gasteiger partial charge in [-0.15, -0.1) is 0 Å². The molecule has 0 atom stereocenters. The maximum absolute atomic E-state index is 4.42. The van der Waals surface area contributed by atoms with Crippen LogP contribution < -0.4 is 5.32 Å². The Morgan fingerprint density at radius 1 is 1.21 bits per heavy atom. The third-order valence-electron chi connectivity index (χ3n) is 1.90. The van der Waals surface area contributed by atoms with Crippen LogP contribution in [0.4, 0.5) is 0 Å². The Hall–Kier alpha value is -1.90.